The van der Waals surface area contributed by atoms with Gasteiger partial charge in [-0.2, -0.15) is 0 Å². The fourth-order valence-electron chi connectivity index (χ4n) is 3.49. The maximum Gasteiger partial charge on any atom is 0.209 e. The van der Waals surface area contributed by atoms with Gasteiger partial charge in [-0.25, -0.2) is 0 Å². The van der Waals surface area contributed by atoms with Crippen molar-refractivity contribution in [3.8, 4) is 0 Å². The third-order valence-electron chi connectivity index (χ3n) is 4.47. The fraction of sp³-hybridized carbons (Fsp3) is 0.789. The largest absolute Gasteiger partial charge is 0.462 e. The van der Waals surface area contributed by atoms with Crippen LogP contribution in [0, 0.1) is 17.8 Å². The molecular formula is C19H34O2. The molecule has 2 heteroatoms. The van der Waals surface area contributed by atoms with Crippen molar-refractivity contribution in [2.24, 2.45) is 17.8 Å². The predicted octanol–water partition coefficient (Wildman–Crippen LogP) is 5.43. The van der Waals surface area contributed by atoms with Crippen LogP contribution >= 0.6 is 0 Å². The van der Waals surface area contributed by atoms with Gasteiger partial charge in [0, 0.05) is 13.3 Å². The van der Waals surface area contributed by atoms with Crippen molar-refractivity contribution >= 4 is 0 Å². The molecule has 1 N–H and O–H groups in total. The Morgan fingerprint density at radius 3 is 2.38 bits per heavy atom. The third-order valence-corrected chi connectivity index (χ3v) is 4.47. The first-order valence-electron chi connectivity index (χ1n) is 8.44. The molecule has 0 spiro atoms. The van der Waals surface area contributed by atoms with Crippen molar-refractivity contribution in [1.82, 2.24) is 0 Å². The van der Waals surface area contributed by atoms with Crippen LogP contribution in [-0.2, 0) is 4.74 Å². The second-order valence-corrected chi connectivity index (χ2v) is 7.48. The molecule has 0 saturated carbocycles. The van der Waals surface area contributed by atoms with E-state index in [-0.39, 0.29) is 0 Å². The van der Waals surface area contributed by atoms with E-state index in [0.29, 0.717) is 12.3 Å². The van der Waals surface area contributed by atoms with Crippen molar-refractivity contribution in [2.45, 2.75) is 79.9 Å². The molecule has 1 aliphatic rings. The van der Waals surface area contributed by atoms with Crippen LogP contribution in [0.4, 0.5) is 0 Å². The summed E-state index contributed by atoms with van der Waals surface area (Å²) in [6.07, 6.45) is 6.69. The van der Waals surface area contributed by atoms with Crippen LogP contribution < -0.4 is 0 Å². The van der Waals surface area contributed by atoms with E-state index in [2.05, 4.69) is 40.7 Å². The number of allylic oxidation sites excluding steroid dienone is 2. The summed E-state index contributed by atoms with van der Waals surface area (Å²) in [6.45, 7) is 15.1. The second-order valence-electron chi connectivity index (χ2n) is 7.48. The first-order valence-corrected chi connectivity index (χ1v) is 8.44. The van der Waals surface area contributed by atoms with Crippen LogP contribution in [0.15, 0.2) is 23.0 Å². The zero-order chi connectivity index (χ0) is 16.2. The molecule has 4 atom stereocenters. The summed E-state index contributed by atoms with van der Waals surface area (Å²) in [6, 6.07) is 0. The topological polar surface area (TPSA) is 29.5 Å². The van der Waals surface area contributed by atoms with Crippen molar-refractivity contribution < 1.29 is 9.84 Å². The van der Waals surface area contributed by atoms with Crippen LogP contribution in [0.2, 0.25) is 0 Å². The zero-order valence-electron chi connectivity index (χ0n) is 15.0. The Kier molecular flexibility index (Phi) is 6.52. The Hall–Kier alpha value is -0.760. The van der Waals surface area contributed by atoms with Gasteiger partial charge in [0.2, 0.25) is 5.79 Å². The SMILES string of the molecule is CCC(C)CC(C)CC(C)C=C(C)C1=C(C)CC(C)(O)O1. The van der Waals surface area contributed by atoms with E-state index < -0.39 is 5.79 Å². The van der Waals surface area contributed by atoms with Gasteiger partial charge in [0.15, 0.2) is 0 Å². The van der Waals surface area contributed by atoms with Gasteiger partial charge < -0.3 is 9.84 Å². The lowest BCUT2D eigenvalue weighted by Gasteiger charge is -2.20. The number of ether oxygens (including phenoxy) is 1. The summed E-state index contributed by atoms with van der Waals surface area (Å²) in [5, 5.41) is 10.00. The van der Waals surface area contributed by atoms with Gasteiger partial charge in [-0.15, -0.1) is 0 Å². The molecule has 2 nitrogen and oxygen atoms in total. The Balaban J connectivity index is 2.60. The van der Waals surface area contributed by atoms with Gasteiger partial charge >= 0.3 is 0 Å². The van der Waals surface area contributed by atoms with E-state index in [1.807, 2.05) is 6.92 Å². The molecule has 0 aromatic rings. The first kappa shape index (κ1) is 18.3. The summed E-state index contributed by atoms with van der Waals surface area (Å²) in [4.78, 5) is 0. The molecule has 21 heavy (non-hydrogen) atoms. The minimum atomic E-state index is -1.03. The average Bonchev–Trinajstić information content (AvgIpc) is 2.62. The molecule has 122 valence electrons. The highest BCUT2D eigenvalue weighted by Gasteiger charge is 2.32. The highest BCUT2D eigenvalue weighted by Crippen LogP contribution is 2.35. The quantitative estimate of drug-likeness (QED) is 0.678. The third kappa shape index (κ3) is 5.86. The molecule has 4 unspecified atom stereocenters. The normalized spacial score (nSPS) is 27.5. The summed E-state index contributed by atoms with van der Waals surface area (Å²) < 4.78 is 5.68. The second kappa shape index (κ2) is 7.49. The standard InChI is InChI=1S/C19H34O2/c1-8-13(2)9-14(3)10-15(4)11-16(5)18-17(6)12-19(7,20)21-18/h11,13-15,20H,8-10,12H2,1-7H3. The van der Waals surface area contributed by atoms with Crippen molar-refractivity contribution in [2.75, 3.05) is 0 Å². The number of hydrogen-bond donors (Lipinski definition) is 1. The monoisotopic (exact) mass is 294 g/mol. The molecule has 1 aliphatic heterocycles. The van der Waals surface area contributed by atoms with Gasteiger partial charge in [-0.1, -0.05) is 40.2 Å². The molecule has 0 radical (unpaired) electrons. The van der Waals surface area contributed by atoms with Crippen LogP contribution in [0.25, 0.3) is 0 Å². The highest BCUT2D eigenvalue weighted by atomic mass is 16.6. The van der Waals surface area contributed by atoms with Crippen molar-refractivity contribution in [3.63, 3.8) is 0 Å². The lowest BCUT2D eigenvalue weighted by atomic mass is 9.88. The molecule has 1 rings (SSSR count). The highest BCUT2D eigenvalue weighted by molar-refractivity contribution is 5.32. The molecule has 0 fully saturated rings. The molecule has 1 heterocycles. The van der Waals surface area contributed by atoms with Crippen LogP contribution in [-0.4, -0.2) is 10.9 Å². The number of hydrogen-bond acceptors (Lipinski definition) is 2. The van der Waals surface area contributed by atoms with Crippen LogP contribution in [0.3, 0.4) is 0 Å². The van der Waals surface area contributed by atoms with Crippen LogP contribution in [0.5, 0.6) is 0 Å². The predicted molar refractivity (Wildman–Crippen MR) is 89.8 cm³/mol. The van der Waals surface area contributed by atoms with Gasteiger partial charge in [-0.05, 0) is 55.6 Å². The van der Waals surface area contributed by atoms with E-state index in [1.165, 1.54) is 19.3 Å². The summed E-state index contributed by atoms with van der Waals surface area (Å²) in [7, 11) is 0. The average molecular weight is 294 g/mol. The van der Waals surface area contributed by atoms with E-state index in [4.69, 9.17) is 4.74 Å². The number of rotatable bonds is 7. The van der Waals surface area contributed by atoms with Gasteiger partial charge in [0.25, 0.3) is 0 Å². The Bertz CT molecular complexity index is 404. The maximum absolute atomic E-state index is 10.00. The minimum absolute atomic E-state index is 0.540. The molecule has 0 aromatic heterocycles. The van der Waals surface area contributed by atoms with Crippen molar-refractivity contribution in [3.05, 3.63) is 23.0 Å². The minimum Gasteiger partial charge on any atom is -0.462 e. The zero-order valence-corrected chi connectivity index (χ0v) is 15.0. The Morgan fingerprint density at radius 2 is 1.90 bits per heavy atom. The summed E-state index contributed by atoms with van der Waals surface area (Å²) >= 11 is 0. The molecule has 0 saturated heterocycles. The Labute approximate surface area is 131 Å². The van der Waals surface area contributed by atoms with E-state index in [0.717, 1.165) is 28.7 Å². The maximum atomic E-state index is 10.00. The van der Waals surface area contributed by atoms with E-state index in [1.54, 1.807) is 6.92 Å². The van der Waals surface area contributed by atoms with Crippen molar-refractivity contribution in [1.29, 1.82) is 0 Å². The molecule has 0 bridgehead atoms. The molecule has 0 aromatic carbocycles. The smallest absolute Gasteiger partial charge is 0.209 e. The lowest BCUT2D eigenvalue weighted by Crippen LogP contribution is -2.22. The van der Waals surface area contributed by atoms with Gasteiger partial charge in [0.05, 0.1) is 0 Å². The van der Waals surface area contributed by atoms with E-state index >= 15 is 0 Å². The first-order chi connectivity index (χ1) is 9.64. The van der Waals surface area contributed by atoms with Gasteiger partial charge in [0.1, 0.15) is 5.76 Å². The fourth-order valence-corrected chi connectivity index (χ4v) is 3.49. The lowest BCUT2D eigenvalue weighted by molar-refractivity contribution is -0.142. The van der Waals surface area contributed by atoms with E-state index in [9.17, 15) is 5.11 Å². The molecular weight excluding hydrogens is 260 g/mol. The Morgan fingerprint density at radius 1 is 1.29 bits per heavy atom. The summed E-state index contributed by atoms with van der Waals surface area (Å²) in [5.74, 6) is 1.97. The van der Waals surface area contributed by atoms with Crippen LogP contribution in [0.1, 0.15) is 74.1 Å². The molecule has 0 amide bonds. The molecule has 0 aliphatic carbocycles. The number of aliphatic hydroxyl groups is 1. The van der Waals surface area contributed by atoms with Gasteiger partial charge in [-0.3, -0.25) is 0 Å². The summed E-state index contributed by atoms with van der Waals surface area (Å²) in [5.41, 5.74) is 2.31.